The Bertz CT molecular complexity index is 780. The number of phenols is 1. The molecule has 2 aromatic rings. The lowest BCUT2D eigenvalue weighted by molar-refractivity contribution is -0.121. The minimum atomic E-state index is -0.464. The first kappa shape index (κ1) is 18.5. The van der Waals surface area contributed by atoms with Crippen LogP contribution >= 0.6 is 34.2 Å². The second kappa shape index (κ2) is 8.34. The number of carbonyl (C=O) groups is 1. The van der Waals surface area contributed by atoms with Gasteiger partial charge < -0.3 is 10.4 Å². The molecule has 7 heteroatoms. The number of phenolic OH excluding ortho intramolecular Hbond substituents is 1. The monoisotopic (exact) mass is 457 g/mol. The zero-order valence-corrected chi connectivity index (χ0v) is 16.1. The first-order chi connectivity index (χ1) is 11.4. The number of anilines is 1. The summed E-state index contributed by atoms with van der Waals surface area (Å²) in [5, 5.41) is 17.2. The van der Waals surface area contributed by atoms with Gasteiger partial charge in [0, 0.05) is 19.8 Å². The van der Waals surface area contributed by atoms with E-state index in [1.807, 2.05) is 25.1 Å². The Morgan fingerprint density at radius 2 is 2.08 bits per heavy atom. The van der Waals surface area contributed by atoms with Crippen molar-refractivity contribution >= 4 is 52.0 Å². The van der Waals surface area contributed by atoms with E-state index in [0.717, 1.165) is 14.8 Å². The van der Waals surface area contributed by atoms with Gasteiger partial charge in [0.05, 0.1) is 6.21 Å². The van der Waals surface area contributed by atoms with Gasteiger partial charge in [-0.3, -0.25) is 4.79 Å². The molecular weight excluding hydrogens is 441 g/mol. The summed E-state index contributed by atoms with van der Waals surface area (Å²) in [7, 11) is 0. The third-order valence-electron chi connectivity index (χ3n) is 3.32. The molecule has 3 N–H and O–H groups in total. The minimum Gasteiger partial charge on any atom is -0.507 e. The molecule has 0 saturated heterocycles. The van der Waals surface area contributed by atoms with Gasteiger partial charge in [-0.2, -0.15) is 5.10 Å². The Morgan fingerprint density at radius 3 is 2.79 bits per heavy atom. The van der Waals surface area contributed by atoms with Crippen LogP contribution in [0.1, 0.15) is 18.1 Å². The van der Waals surface area contributed by atoms with E-state index < -0.39 is 6.04 Å². The molecule has 0 spiro atoms. The van der Waals surface area contributed by atoms with Crippen LogP contribution in [0.4, 0.5) is 5.69 Å². The first-order valence-electron chi connectivity index (χ1n) is 7.21. The highest BCUT2D eigenvalue weighted by molar-refractivity contribution is 14.1. The molecule has 1 atom stereocenters. The number of hydrazone groups is 1. The van der Waals surface area contributed by atoms with Crippen molar-refractivity contribution in [2.75, 3.05) is 5.32 Å². The molecule has 2 rings (SSSR count). The van der Waals surface area contributed by atoms with Crippen molar-refractivity contribution in [1.29, 1.82) is 0 Å². The van der Waals surface area contributed by atoms with Crippen LogP contribution in [0.25, 0.3) is 0 Å². The number of aryl methyl sites for hydroxylation is 1. The number of benzene rings is 2. The number of amides is 1. The summed E-state index contributed by atoms with van der Waals surface area (Å²) in [6, 6.07) is 10.1. The van der Waals surface area contributed by atoms with Crippen LogP contribution in [0.5, 0.6) is 5.75 Å². The SMILES string of the molecule is Cc1cc(I)ccc1N[C@H](C)C(=O)N/N=C\c1cc(Cl)ccc1O. The van der Waals surface area contributed by atoms with Gasteiger partial charge in [-0.1, -0.05) is 11.6 Å². The fourth-order valence-corrected chi connectivity index (χ4v) is 2.81. The number of rotatable bonds is 5. The molecule has 0 aliphatic heterocycles. The van der Waals surface area contributed by atoms with E-state index in [1.54, 1.807) is 19.1 Å². The summed E-state index contributed by atoms with van der Waals surface area (Å²) in [5.74, 6) is -0.246. The van der Waals surface area contributed by atoms with Crippen molar-refractivity contribution in [3.05, 3.63) is 56.1 Å². The summed E-state index contributed by atoms with van der Waals surface area (Å²) in [5.41, 5.74) is 4.83. The molecule has 126 valence electrons. The minimum absolute atomic E-state index is 0.0399. The van der Waals surface area contributed by atoms with E-state index in [0.29, 0.717) is 10.6 Å². The van der Waals surface area contributed by atoms with Crippen molar-refractivity contribution in [1.82, 2.24) is 5.43 Å². The standard InChI is InChI=1S/C17H17ClIN3O2/c1-10-7-14(19)4-5-15(10)21-11(2)17(24)22-20-9-12-8-13(18)3-6-16(12)23/h3-9,11,21,23H,1-2H3,(H,22,24)/b20-9-/t11-/m1/s1. The van der Waals surface area contributed by atoms with Crippen LogP contribution in [0, 0.1) is 10.5 Å². The number of carbonyl (C=O) groups excluding carboxylic acids is 1. The average Bonchev–Trinajstić information content (AvgIpc) is 2.53. The predicted octanol–water partition coefficient (Wildman–Crippen LogP) is 3.91. The fraction of sp³-hybridized carbons (Fsp3) is 0.176. The molecule has 1 amide bonds. The number of aromatic hydroxyl groups is 1. The lowest BCUT2D eigenvalue weighted by Crippen LogP contribution is -2.35. The van der Waals surface area contributed by atoms with Gasteiger partial charge in [0.1, 0.15) is 11.8 Å². The maximum absolute atomic E-state index is 12.1. The van der Waals surface area contributed by atoms with Crippen LogP contribution in [0.3, 0.4) is 0 Å². The third-order valence-corrected chi connectivity index (χ3v) is 4.23. The highest BCUT2D eigenvalue weighted by Crippen LogP contribution is 2.20. The Labute approximate surface area is 159 Å². The summed E-state index contributed by atoms with van der Waals surface area (Å²) in [4.78, 5) is 12.1. The molecule has 5 nitrogen and oxygen atoms in total. The normalized spacial score (nSPS) is 12.2. The molecule has 24 heavy (non-hydrogen) atoms. The molecule has 0 unspecified atom stereocenters. The highest BCUT2D eigenvalue weighted by Gasteiger charge is 2.12. The topological polar surface area (TPSA) is 73.7 Å². The quantitative estimate of drug-likeness (QED) is 0.362. The Hall–Kier alpha value is -1.80. The fourth-order valence-electron chi connectivity index (χ4n) is 1.98. The molecule has 0 radical (unpaired) electrons. The van der Waals surface area contributed by atoms with E-state index in [4.69, 9.17) is 11.6 Å². The van der Waals surface area contributed by atoms with Gasteiger partial charge in [-0.25, -0.2) is 5.43 Å². The van der Waals surface area contributed by atoms with Crippen molar-refractivity contribution in [3.63, 3.8) is 0 Å². The van der Waals surface area contributed by atoms with Gasteiger partial charge in [-0.05, 0) is 78.4 Å². The molecular formula is C17H17ClIN3O2. The maximum Gasteiger partial charge on any atom is 0.262 e. The zero-order valence-electron chi connectivity index (χ0n) is 13.2. The Morgan fingerprint density at radius 1 is 1.33 bits per heavy atom. The molecule has 2 aromatic carbocycles. The van der Waals surface area contributed by atoms with Crippen molar-refractivity contribution in [2.45, 2.75) is 19.9 Å². The first-order valence-corrected chi connectivity index (χ1v) is 8.66. The smallest absolute Gasteiger partial charge is 0.262 e. The molecule has 0 aliphatic carbocycles. The molecule has 0 aliphatic rings. The largest absolute Gasteiger partial charge is 0.507 e. The second-order valence-corrected chi connectivity index (χ2v) is 6.94. The van der Waals surface area contributed by atoms with E-state index in [1.165, 1.54) is 12.3 Å². The lowest BCUT2D eigenvalue weighted by Gasteiger charge is -2.15. The number of nitrogens with zero attached hydrogens (tertiary/aromatic N) is 1. The van der Waals surface area contributed by atoms with E-state index in [-0.39, 0.29) is 11.7 Å². The molecule has 0 bridgehead atoms. The summed E-state index contributed by atoms with van der Waals surface area (Å²) in [6.45, 7) is 3.73. The molecule has 0 fully saturated rings. The third kappa shape index (κ3) is 5.10. The van der Waals surface area contributed by atoms with Crippen molar-refractivity contribution < 1.29 is 9.90 Å². The van der Waals surface area contributed by atoms with E-state index in [9.17, 15) is 9.90 Å². The number of nitrogens with one attached hydrogen (secondary N) is 2. The lowest BCUT2D eigenvalue weighted by atomic mass is 10.2. The second-order valence-electron chi connectivity index (χ2n) is 5.26. The van der Waals surface area contributed by atoms with Crippen molar-refractivity contribution in [2.24, 2.45) is 5.10 Å². The molecule has 0 heterocycles. The number of hydrogen-bond donors (Lipinski definition) is 3. The van der Waals surface area contributed by atoms with Crippen molar-refractivity contribution in [3.8, 4) is 5.75 Å². The number of halogens is 2. The molecule has 0 aromatic heterocycles. The zero-order chi connectivity index (χ0) is 17.7. The highest BCUT2D eigenvalue weighted by atomic mass is 127. The summed E-state index contributed by atoms with van der Waals surface area (Å²) >= 11 is 8.10. The Kier molecular flexibility index (Phi) is 6.44. The van der Waals surface area contributed by atoms with Gasteiger partial charge in [0.15, 0.2) is 0 Å². The van der Waals surface area contributed by atoms with Gasteiger partial charge in [0.25, 0.3) is 5.91 Å². The van der Waals surface area contributed by atoms with Crippen LogP contribution in [0.15, 0.2) is 41.5 Å². The number of hydrogen-bond acceptors (Lipinski definition) is 4. The van der Waals surface area contributed by atoms with Crippen LogP contribution in [-0.2, 0) is 4.79 Å². The van der Waals surface area contributed by atoms with Crippen LogP contribution in [0.2, 0.25) is 5.02 Å². The average molecular weight is 458 g/mol. The van der Waals surface area contributed by atoms with Gasteiger partial charge in [-0.15, -0.1) is 0 Å². The maximum atomic E-state index is 12.1. The Balaban J connectivity index is 1.96. The van der Waals surface area contributed by atoms with Gasteiger partial charge in [0.2, 0.25) is 0 Å². The van der Waals surface area contributed by atoms with Crippen LogP contribution in [-0.4, -0.2) is 23.3 Å². The van der Waals surface area contributed by atoms with Gasteiger partial charge >= 0.3 is 0 Å². The van der Waals surface area contributed by atoms with E-state index >= 15 is 0 Å². The predicted molar refractivity (Wildman–Crippen MR) is 106 cm³/mol. The molecule has 0 saturated carbocycles. The summed E-state index contributed by atoms with van der Waals surface area (Å²) in [6.07, 6.45) is 1.35. The van der Waals surface area contributed by atoms with Crippen LogP contribution < -0.4 is 10.7 Å². The van der Waals surface area contributed by atoms with E-state index in [2.05, 4.69) is 38.4 Å². The summed E-state index contributed by atoms with van der Waals surface area (Å²) < 4.78 is 1.14.